The lowest BCUT2D eigenvalue weighted by Crippen LogP contribution is -2.15. The summed E-state index contributed by atoms with van der Waals surface area (Å²) in [6.45, 7) is 0.0942. The Labute approximate surface area is 141 Å². The molecule has 4 nitrogen and oxygen atoms in total. The maximum atomic E-state index is 12.5. The van der Waals surface area contributed by atoms with Gasteiger partial charge in [0.2, 0.25) is 0 Å². The number of sulfonamides is 1. The van der Waals surface area contributed by atoms with E-state index in [9.17, 15) is 8.42 Å². The lowest BCUT2D eigenvalue weighted by molar-refractivity contribution is 0.601. The number of benzene rings is 2. The predicted octanol–water partition coefficient (Wildman–Crippen LogP) is 4.02. The smallest absolute Gasteiger partial charge is 0.263 e. The Morgan fingerprint density at radius 1 is 1.19 bits per heavy atom. The van der Waals surface area contributed by atoms with Gasteiger partial charge in [-0.25, -0.2) is 8.42 Å². The van der Waals surface area contributed by atoms with E-state index in [2.05, 4.69) is 20.7 Å². The molecule has 8 heteroatoms. The second-order valence-corrected chi connectivity index (χ2v) is 7.49. The SMILES string of the molecule is NCc1cc(Cl)cc(S(=O)(=O)Nc2ccccc2Br)c1Cl. The lowest BCUT2D eigenvalue weighted by Gasteiger charge is -2.13. The number of rotatable bonds is 4. The van der Waals surface area contributed by atoms with Crippen LogP contribution in [-0.4, -0.2) is 8.42 Å². The second-order valence-electron chi connectivity index (χ2n) is 4.17. The zero-order chi connectivity index (χ0) is 15.6. The van der Waals surface area contributed by atoms with Gasteiger partial charge in [0, 0.05) is 16.0 Å². The van der Waals surface area contributed by atoms with Gasteiger partial charge in [-0.1, -0.05) is 35.3 Å². The molecule has 0 radical (unpaired) electrons. The Bertz CT molecular complexity index is 782. The first-order valence-corrected chi connectivity index (χ1v) is 8.83. The fourth-order valence-corrected chi connectivity index (χ4v) is 4.24. The van der Waals surface area contributed by atoms with Gasteiger partial charge in [-0.3, -0.25) is 4.72 Å². The highest BCUT2D eigenvalue weighted by Crippen LogP contribution is 2.32. The zero-order valence-electron chi connectivity index (χ0n) is 10.6. The summed E-state index contributed by atoms with van der Waals surface area (Å²) in [5, 5.41) is 0.328. The summed E-state index contributed by atoms with van der Waals surface area (Å²) < 4.78 is 28.0. The van der Waals surface area contributed by atoms with Crippen molar-refractivity contribution in [2.24, 2.45) is 5.73 Å². The van der Waals surface area contributed by atoms with Gasteiger partial charge in [-0.15, -0.1) is 0 Å². The van der Waals surface area contributed by atoms with E-state index in [1.807, 2.05) is 0 Å². The lowest BCUT2D eigenvalue weighted by atomic mass is 10.2. The highest BCUT2D eigenvalue weighted by molar-refractivity contribution is 9.10. The monoisotopic (exact) mass is 408 g/mol. The molecular formula is C13H11BrCl2N2O2S. The highest BCUT2D eigenvalue weighted by Gasteiger charge is 2.21. The summed E-state index contributed by atoms with van der Waals surface area (Å²) in [5.74, 6) is 0. The van der Waals surface area contributed by atoms with Crippen molar-refractivity contribution < 1.29 is 8.42 Å². The van der Waals surface area contributed by atoms with Crippen molar-refractivity contribution in [1.29, 1.82) is 0 Å². The standard InChI is InChI=1S/C13H11BrCl2N2O2S/c14-10-3-1-2-4-11(10)18-21(19,20)12-6-9(15)5-8(7-17)13(12)16/h1-6,18H,7,17H2. The molecule has 0 spiro atoms. The number of anilines is 1. The molecule has 0 aliphatic rings. The fraction of sp³-hybridized carbons (Fsp3) is 0.0769. The van der Waals surface area contributed by atoms with Crippen molar-refractivity contribution in [2.75, 3.05) is 4.72 Å². The van der Waals surface area contributed by atoms with E-state index in [0.29, 0.717) is 15.7 Å². The van der Waals surface area contributed by atoms with Crippen LogP contribution in [0.4, 0.5) is 5.69 Å². The van der Waals surface area contributed by atoms with Gasteiger partial charge in [0.25, 0.3) is 10.0 Å². The zero-order valence-corrected chi connectivity index (χ0v) is 14.5. The van der Waals surface area contributed by atoms with Crippen LogP contribution in [0.5, 0.6) is 0 Å². The van der Waals surface area contributed by atoms with E-state index >= 15 is 0 Å². The molecule has 0 amide bonds. The number of nitrogens with two attached hydrogens (primary N) is 1. The third-order valence-electron chi connectivity index (χ3n) is 2.71. The molecule has 0 bridgehead atoms. The van der Waals surface area contributed by atoms with Crippen LogP contribution in [-0.2, 0) is 16.6 Å². The van der Waals surface area contributed by atoms with Crippen LogP contribution in [0.1, 0.15) is 5.56 Å². The quantitative estimate of drug-likeness (QED) is 0.800. The van der Waals surface area contributed by atoms with Crippen LogP contribution in [0.2, 0.25) is 10.0 Å². The predicted molar refractivity (Wildman–Crippen MR) is 89.3 cm³/mol. The van der Waals surface area contributed by atoms with Crippen LogP contribution in [0.15, 0.2) is 45.8 Å². The Hall–Kier alpha value is -0.790. The van der Waals surface area contributed by atoms with E-state index in [-0.39, 0.29) is 21.5 Å². The van der Waals surface area contributed by atoms with Crippen molar-refractivity contribution in [3.8, 4) is 0 Å². The summed E-state index contributed by atoms with van der Waals surface area (Å²) in [5.41, 5.74) is 6.42. The molecule has 0 heterocycles. The van der Waals surface area contributed by atoms with Gasteiger partial charge >= 0.3 is 0 Å². The summed E-state index contributed by atoms with van der Waals surface area (Å²) in [6, 6.07) is 9.69. The number of nitrogens with one attached hydrogen (secondary N) is 1. The van der Waals surface area contributed by atoms with Gasteiger partial charge in [0.1, 0.15) is 4.90 Å². The van der Waals surface area contributed by atoms with Gasteiger partial charge in [0.05, 0.1) is 10.7 Å². The van der Waals surface area contributed by atoms with Crippen molar-refractivity contribution >= 4 is 54.8 Å². The Morgan fingerprint density at radius 2 is 1.86 bits per heavy atom. The third kappa shape index (κ3) is 3.70. The fourth-order valence-electron chi connectivity index (χ4n) is 1.71. The second kappa shape index (κ2) is 6.54. The first-order chi connectivity index (χ1) is 9.85. The van der Waals surface area contributed by atoms with E-state index in [1.165, 1.54) is 6.07 Å². The van der Waals surface area contributed by atoms with Crippen molar-refractivity contribution in [3.05, 3.63) is 56.5 Å². The molecule has 112 valence electrons. The molecule has 0 fully saturated rings. The maximum Gasteiger partial charge on any atom is 0.263 e. The van der Waals surface area contributed by atoms with E-state index in [0.717, 1.165) is 0 Å². The molecule has 2 aromatic rings. The molecule has 0 aliphatic heterocycles. The topological polar surface area (TPSA) is 72.2 Å². The Kier molecular flexibility index (Phi) is 5.16. The molecule has 2 rings (SSSR count). The van der Waals surface area contributed by atoms with Crippen molar-refractivity contribution in [2.45, 2.75) is 11.4 Å². The van der Waals surface area contributed by atoms with Crippen molar-refractivity contribution in [3.63, 3.8) is 0 Å². The molecule has 0 saturated heterocycles. The minimum Gasteiger partial charge on any atom is -0.326 e. The van der Waals surface area contributed by atoms with Crippen LogP contribution >= 0.6 is 39.1 Å². The molecular weight excluding hydrogens is 399 g/mol. The average Bonchev–Trinajstić information content (AvgIpc) is 2.43. The molecule has 0 unspecified atom stereocenters. The number of para-hydroxylation sites is 1. The molecule has 0 aromatic heterocycles. The first kappa shape index (κ1) is 16.6. The maximum absolute atomic E-state index is 12.5. The minimum absolute atomic E-state index is 0.0708. The molecule has 2 aromatic carbocycles. The molecule has 21 heavy (non-hydrogen) atoms. The molecule has 0 atom stereocenters. The van der Waals surface area contributed by atoms with Gasteiger partial charge in [-0.2, -0.15) is 0 Å². The first-order valence-electron chi connectivity index (χ1n) is 5.80. The molecule has 0 aliphatic carbocycles. The van der Waals surface area contributed by atoms with E-state index in [4.69, 9.17) is 28.9 Å². The molecule has 3 N–H and O–H groups in total. The van der Waals surface area contributed by atoms with Gasteiger partial charge in [-0.05, 0) is 45.8 Å². The van der Waals surface area contributed by atoms with E-state index < -0.39 is 10.0 Å². The number of halogens is 3. The summed E-state index contributed by atoms with van der Waals surface area (Å²) in [4.78, 5) is -0.104. The summed E-state index contributed by atoms with van der Waals surface area (Å²) in [6.07, 6.45) is 0. The summed E-state index contributed by atoms with van der Waals surface area (Å²) in [7, 11) is -3.87. The van der Waals surface area contributed by atoms with Crippen LogP contribution in [0, 0.1) is 0 Å². The van der Waals surface area contributed by atoms with Crippen LogP contribution < -0.4 is 10.5 Å². The minimum atomic E-state index is -3.87. The van der Waals surface area contributed by atoms with E-state index in [1.54, 1.807) is 30.3 Å². The van der Waals surface area contributed by atoms with Crippen LogP contribution in [0.25, 0.3) is 0 Å². The van der Waals surface area contributed by atoms with Gasteiger partial charge in [0.15, 0.2) is 0 Å². The number of hydrogen-bond acceptors (Lipinski definition) is 3. The van der Waals surface area contributed by atoms with Gasteiger partial charge < -0.3 is 5.73 Å². The Balaban J connectivity index is 2.50. The van der Waals surface area contributed by atoms with Crippen molar-refractivity contribution in [1.82, 2.24) is 0 Å². The normalized spacial score (nSPS) is 11.4. The average molecular weight is 410 g/mol. The number of hydrogen-bond donors (Lipinski definition) is 2. The molecule has 0 saturated carbocycles. The third-order valence-corrected chi connectivity index (χ3v) is 5.56. The largest absolute Gasteiger partial charge is 0.326 e. The highest BCUT2D eigenvalue weighted by atomic mass is 79.9. The van der Waals surface area contributed by atoms with Crippen LogP contribution in [0.3, 0.4) is 0 Å². The summed E-state index contributed by atoms with van der Waals surface area (Å²) >= 11 is 15.3. The Morgan fingerprint density at radius 3 is 2.48 bits per heavy atom.